The number of hydrogen-bond acceptors (Lipinski definition) is 2. The Bertz CT molecular complexity index is 364. The summed E-state index contributed by atoms with van der Waals surface area (Å²) < 4.78 is 0. The highest BCUT2D eigenvalue weighted by Crippen LogP contribution is 2.31. The van der Waals surface area contributed by atoms with Crippen molar-refractivity contribution >= 4 is 12.0 Å². The minimum Gasteiger partial charge on any atom is -0.481 e. The van der Waals surface area contributed by atoms with Gasteiger partial charge in [-0.25, -0.2) is 4.79 Å². The molecule has 0 aromatic heterocycles. The van der Waals surface area contributed by atoms with Crippen molar-refractivity contribution in [1.82, 2.24) is 10.6 Å². The summed E-state index contributed by atoms with van der Waals surface area (Å²) >= 11 is 0. The molecule has 1 rings (SSSR count). The summed E-state index contributed by atoms with van der Waals surface area (Å²) in [5.41, 5.74) is -1.86. The van der Waals surface area contributed by atoms with Crippen LogP contribution >= 0.6 is 0 Å². The molecule has 5 heteroatoms. The van der Waals surface area contributed by atoms with E-state index in [-0.39, 0.29) is 12.1 Å². The van der Waals surface area contributed by atoms with E-state index in [0.717, 1.165) is 19.3 Å². The van der Waals surface area contributed by atoms with Crippen LogP contribution in [0.4, 0.5) is 4.79 Å². The number of urea groups is 1. The van der Waals surface area contributed by atoms with Gasteiger partial charge in [-0.1, -0.05) is 6.92 Å². The van der Waals surface area contributed by atoms with Crippen molar-refractivity contribution < 1.29 is 14.7 Å². The number of carboxylic acids is 1. The second kappa shape index (κ2) is 5.39. The van der Waals surface area contributed by atoms with Gasteiger partial charge < -0.3 is 15.7 Å². The molecule has 1 aliphatic rings. The highest BCUT2D eigenvalue weighted by Gasteiger charge is 2.44. The summed E-state index contributed by atoms with van der Waals surface area (Å²) in [5, 5.41) is 15.0. The maximum absolute atomic E-state index is 12.0. The van der Waals surface area contributed by atoms with Gasteiger partial charge in [0, 0.05) is 6.04 Å². The minimum atomic E-state index is -1.03. The van der Waals surface area contributed by atoms with Gasteiger partial charge in [-0.05, 0) is 52.9 Å². The van der Waals surface area contributed by atoms with Gasteiger partial charge in [-0.15, -0.1) is 0 Å². The average Bonchev–Trinajstić information content (AvgIpc) is 2.62. The lowest BCUT2D eigenvalue weighted by molar-refractivity contribution is -0.150. The third kappa shape index (κ3) is 3.61. The van der Waals surface area contributed by atoms with Gasteiger partial charge in [0.25, 0.3) is 0 Å². The Kier molecular flexibility index (Phi) is 4.48. The number of aliphatic carboxylic acids is 1. The minimum absolute atomic E-state index is 0.207. The summed E-state index contributed by atoms with van der Waals surface area (Å²) in [7, 11) is 0. The molecule has 0 heterocycles. The number of carbonyl (C=O) groups excluding carboxylic acids is 1. The summed E-state index contributed by atoms with van der Waals surface area (Å²) in [6, 6.07) is -0.0721. The van der Waals surface area contributed by atoms with Crippen LogP contribution < -0.4 is 10.6 Å². The lowest BCUT2D eigenvalue weighted by atomic mass is 9.74. The van der Waals surface area contributed by atoms with Crippen LogP contribution in [-0.2, 0) is 4.79 Å². The highest BCUT2D eigenvalue weighted by molar-refractivity contribution is 5.79. The molecule has 0 radical (unpaired) electrons. The van der Waals surface area contributed by atoms with Gasteiger partial charge in [0.15, 0.2) is 0 Å². The number of carboxylic acid groups (broad SMARTS) is 1. The maximum atomic E-state index is 12.0. The van der Waals surface area contributed by atoms with Crippen molar-refractivity contribution in [3.05, 3.63) is 0 Å². The van der Waals surface area contributed by atoms with Crippen LogP contribution in [0.5, 0.6) is 0 Å². The van der Waals surface area contributed by atoms with E-state index in [1.54, 1.807) is 27.7 Å². The quantitative estimate of drug-likeness (QED) is 0.733. The topological polar surface area (TPSA) is 78.4 Å². The van der Waals surface area contributed by atoms with E-state index in [0.29, 0.717) is 5.92 Å². The molecule has 3 N–H and O–H groups in total. The Morgan fingerprint density at radius 2 is 1.74 bits per heavy atom. The van der Waals surface area contributed by atoms with Crippen molar-refractivity contribution in [2.24, 2.45) is 11.3 Å². The monoisotopic (exact) mass is 270 g/mol. The zero-order valence-electron chi connectivity index (χ0n) is 12.5. The molecule has 19 heavy (non-hydrogen) atoms. The zero-order chi connectivity index (χ0) is 14.8. The van der Waals surface area contributed by atoms with Gasteiger partial charge in [-0.2, -0.15) is 0 Å². The molecule has 110 valence electrons. The SMILES string of the molecule is CC1CCC(NC(=O)NC(C)(C)C(C)(C)C(=O)O)C1. The standard InChI is InChI=1S/C14H26N2O3/c1-9-6-7-10(8-9)15-12(19)16-14(4,5)13(2,3)11(17)18/h9-10H,6-8H2,1-5H3,(H,17,18)(H2,15,16,19). The van der Waals surface area contributed by atoms with E-state index in [1.807, 2.05) is 0 Å². The molecule has 1 aliphatic carbocycles. The van der Waals surface area contributed by atoms with Crippen molar-refractivity contribution in [1.29, 1.82) is 0 Å². The Morgan fingerprint density at radius 3 is 2.16 bits per heavy atom. The Hall–Kier alpha value is -1.26. The van der Waals surface area contributed by atoms with Crippen LogP contribution in [-0.4, -0.2) is 28.7 Å². The van der Waals surface area contributed by atoms with E-state index >= 15 is 0 Å². The fourth-order valence-corrected chi connectivity index (χ4v) is 2.27. The number of carbonyl (C=O) groups is 2. The van der Waals surface area contributed by atoms with Crippen LogP contribution in [0.2, 0.25) is 0 Å². The van der Waals surface area contributed by atoms with Crippen molar-refractivity contribution in [2.45, 2.75) is 65.5 Å². The van der Waals surface area contributed by atoms with Crippen LogP contribution in [0.25, 0.3) is 0 Å². The van der Waals surface area contributed by atoms with Crippen molar-refractivity contribution in [3.8, 4) is 0 Å². The molecule has 1 fully saturated rings. The summed E-state index contributed by atoms with van der Waals surface area (Å²) in [6.07, 6.45) is 3.13. The first-order valence-corrected chi connectivity index (χ1v) is 6.88. The van der Waals surface area contributed by atoms with Crippen LogP contribution in [0.3, 0.4) is 0 Å². The molecule has 2 unspecified atom stereocenters. The van der Waals surface area contributed by atoms with Crippen LogP contribution in [0, 0.1) is 11.3 Å². The van der Waals surface area contributed by atoms with Gasteiger partial charge in [0.05, 0.1) is 11.0 Å². The Morgan fingerprint density at radius 1 is 1.16 bits per heavy atom. The summed E-state index contributed by atoms with van der Waals surface area (Å²) in [6.45, 7) is 8.88. The first kappa shape index (κ1) is 15.8. The van der Waals surface area contributed by atoms with E-state index in [2.05, 4.69) is 17.6 Å². The predicted octanol–water partition coefficient (Wildman–Crippen LogP) is 2.36. The van der Waals surface area contributed by atoms with Gasteiger partial charge in [0.2, 0.25) is 0 Å². The molecule has 0 spiro atoms. The first-order chi connectivity index (χ1) is 8.56. The van der Waals surface area contributed by atoms with E-state index in [1.165, 1.54) is 0 Å². The number of hydrogen-bond donors (Lipinski definition) is 3. The fourth-order valence-electron chi connectivity index (χ4n) is 2.27. The highest BCUT2D eigenvalue weighted by atomic mass is 16.4. The fraction of sp³-hybridized carbons (Fsp3) is 0.857. The Balaban J connectivity index is 2.58. The number of nitrogens with one attached hydrogen (secondary N) is 2. The number of rotatable bonds is 4. The second-order valence-corrected chi connectivity index (χ2v) is 6.77. The lowest BCUT2D eigenvalue weighted by Gasteiger charge is -2.39. The van der Waals surface area contributed by atoms with Crippen molar-refractivity contribution in [2.75, 3.05) is 0 Å². The molecule has 0 saturated heterocycles. The molecule has 0 bridgehead atoms. The largest absolute Gasteiger partial charge is 0.481 e. The lowest BCUT2D eigenvalue weighted by Crippen LogP contribution is -2.59. The average molecular weight is 270 g/mol. The molecule has 0 aromatic carbocycles. The maximum Gasteiger partial charge on any atom is 0.315 e. The molecular formula is C14H26N2O3. The van der Waals surface area contributed by atoms with Crippen molar-refractivity contribution in [3.63, 3.8) is 0 Å². The molecule has 0 aliphatic heterocycles. The normalized spacial score (nSPS) is 24.1. The summed E-state index contributed by atoms with van der Waals surface area (Å²) in [4.78, 5) is 23.2. The molecule has 1 saturated carbocycles. The molecular weight excluding hydrogens is 244 g/mol. The third-order valence-corrected chi connectivity index (χ3v) is 4.55. The predicted molar refractivity (Wildman–Crippen MR) is 74.0 cm³/mol. The zero-order valence-corrected chi connectivity index (χ0v) is 12.5. The number of amides is 2. The smallest absolute Gasteiger partial charge is 0.315 e. The summed E-state index contributed by atoms with van der Waals surface area (Å²) in [5.74, 6) is -0.277. The third-order valence-electron chi connectivity index (χ3n) is 4.55. The van der Waals surface area contributed by atoms with E-state index in [9.17, 15) is 14.7 Å². The van der Waals surface area contributed by atoms with Gasteiger partial charge in [0.1, 0.15) is 0 Å². The molecule has 5 nitrogen and oxygen atoms in total. The first-order valence-electron chi connectivity index (χ1n) is 6.88. The van der Waals surface area contributed by atoms with Gasteiger partial charge >= 0.3 is 12.0 Å². The molecule has 2 amide bonds. The second-order valence-electron chi connectivity index (χ2n) is 6.77. The molecule has 0 aromatic rings. The van der Waals surface area contributed by atoms with Gasteiger partial charge in [-0.3, -0.25) is 4.79 Å². The van der Waals surface area contributed by atoms with Crippen LogP contribution in [0.1, 0.15) is 53.9 Å². The van der Waals surface area contributed by atoms with Crippen LogP contribution in [0.15, 0.2) is 0 Å². The van der Waals surface area contributed by atoms with E-state index < -0.39 is 16.9 Å². The molecule has 2 atom stereocenters. The van der Waals surface area contributed by atoms with E-state index in [4.69, 9.17) is 0 Å². The Labute approximate surface area is 115 Å².